The van der Waals surface area contributed by atoms with Crippen molar-refractivity contribution in [1.29, 1.82) is 0 Å². The Bertz CT molecular complexity index is 1550. The molecule has 1 aliphatic carbocycles. The Morgan fingerprint density at radius 1 is 1.12 bits per heavy atom. The SMILES string of the molecule is O=C(Cc1cc2c(Nc3ccc(F)c(Cl)c3)ncnc2cc1OCC1C2COCC21)/C(F)=C/CN1C[C@@H]2OCCO[C@H]2C1. The minimum absolute atomic E-state index is 0.0215. The summed E-state index contributed by atoms with van der Waals surface area (Å²) in [5, 5.41) is 3.71. The van der Waals surface area contributed by atoms with Crippen molar-refractivity contribution in [3.63, 3.8) is 0 Å². The van der Waals surface area contributed by atoms with E-state index in [9.17, 15) is 9.18 Å². The summed E-state index contributed by atoms with van der Waals surface area (Å²) in [6, 6.07) is 7.76. The number of halogens is 3. The highest BCUT2D eigenvalue weighted by Gasteiger charge is 2.54. The number of ether oxygens (including phenoxy) is 4. The van der Waals surface area contributed by atoms with E-state index in [1.54, 1.807) is 18.2 Å². The molecule has 9 nitrogen and oxygen atoms in total. The van der Waals surface area contributed by atoms with Crippen LogP contribution in [0.4, 0.5) is 20.3 Å². The minimum Gasteiger partial charge on any atom is -0.493 e. The second kappa shape index (κ2) is 12.0. The molecule has 1 N–H and O–H groups in total. The summed E-state index contributed by atoms with van der Waals surface area (Å²) in [5.74, 6) is 0.307. The van der Waals surface area contributed by atoms with Gasteiger partial charge in [-0.15, -0.1) is 0 Å². The summed E-state index contributed by atoms with van der Waals surface area (Å²) in [5.41, 5.74) is 1.62. The maximum atomic E-state index is 15.2. The Kier molecular flexibility index (Phi) is 8.00. The Morgan fingerprint density at radius 2 is 1.88 bits per heavy atom. The fraction of sp³-hybridized carbons (Fsp3) is 0.452. The first-order valence-electron chi connectivity index (χ1n) is 14.5. The van der Waals surface area contributed by atoms with Gasteiger partial charge >= 0.3 is 0 Å². The van der Waals surface area contributed by atoms with Crippen LogP contribution in [0.3, 0.4) is 0 Å². The summed E-state index contributed by atoms with van der Waals surface area (Å²) in [6.07, 6.45) is 2.47. The molecule has 1 aromatic heterocycles. The molecule has 4 aliphatic rings. The molecule has 0 amide bonds. The fourth-order valence-corrected chi connectivity index (χ4v) is 6.45. The summed E-state index contributed by atoms with van der Waals surface area (Å²) in [7, 11) is 0. The summed E-state index contributed by atoms with van der Waals surface area (Å²) in [6.45, 7) is 4.63. The predicted molar refractivity (Wildman–Crippen MR) is 155 cm³/mol. The number of carbonyl (C=O) groups excluding carboxylic acids is 1. The van der Waals surface area contributed by atoms with Crippen LogP contribution < -0.4 is 10.1 Å². The van der Waals surface area contributed by atoms with Crippen LogP contribution in [0, 0.1) is 23.6 Å². The number of Topliss-reactive ketones (excluding diaryl/α,β-unsaturated/α-hetero) is 1. The molecular formula is C31H31ClF2N4O5. The van der Waals surface area contributed by atoms with Gasteiger partial charge in [-0.3, -0.25) is 9.69 Å². The highest BCUT2D eigenvalue weighted by Crippen LogP contribution is 2.50. The number of nitrogens with zero attached hydrogens (tertiary/aromatic N) is 3. The van der Waals surface area contributed by atoms with Gasteiger partial charge in [0, 0.05) is 54.7 Å². The number of aromatic nitrogens is 2. The molecule has 4 fully saturated rings. The number of likely N-dealkylation sites (tertiary alicyclic amines) is 1. The lowest BCUT2D eigenvalue weighted by molar-refractivity contribution is -0.116. The van der Waals surface area contributed by atoms with Crippen molar-refractivity contribution in [3.8, 4) is 5.75 Å². The highest BCUT2D eigenvalue weighted by atomic mass is 35.5. The molecule has 3 aromatic rings. The van der Waals surface area contributed by atoms with E-state index in [1.165, 1.54) is 24.5 Å². The van der Waals surface area contributed by atoms with Gasteiger partial charge < -0.3 is 24.3 Å². The molecule has 0 bridgehead atoms. The molecule has 7 rings (SSSR count). The quantitative estimate of drug-likeness (QED) is 0.332. The molecule has 3 aliphatic heterocycles. The molecule has 226 valence electrons. The number of carbonyl (C=O) groups is 1. The zero-order valence-electron chi connectivity index (χ0n) is 23.3. The number of nitrogens with one attached hydrogen (secondary N) is 1. The van der Waals surface area contributed by atoms with Crippen LogP contribution in [-0.2, 0) is 25.4 Å². The van der Waals surface area contributed by atoms with Crippen molar-refractivity contribution in [2.75, 3.05) is 58.0 Å². The van der Waals surface area contributed by atoms with E-state index < -0.39 is 17.4 Å². The molecule has 4 atom stereocenters. The lowest BCUT2D eigenvalue weighted by Gasteiger charge is -2.24. The largest absolute Gasteiger partial charge is 0.493 e. The van der Waals surface area contributed by atoms with Crippen molar-refractivity contribution in [2.24, 2.45) is 17.8 Å². The zero-order chi connectivity index (χ0) is 29.5. The molecule has 0 radical (unpaired) electrons. The molecule has 1 saturated carbocycles. The van der Waals surface area contributed by atoms with Crippen LogP contribution in [0.5, 0.6) is 5.75 Å². The average molecular weight is 613 g/mol. The number of rotatable bonds is 10. The van der Waals surface area contributed by atoms with Gasteiger partial charge in [0.15, 0.2) is 11.6 Å². The van der Waals surface area contributed by atoms with Crippen LogP contribution in [0.1, 0.15) is 5.56 Å². The third kappa shape index (κ3) is 6.09. The van der Waals surface area contributed by atoms with Crippen molar-refractivity contribution in [1.82, 2.24) is 14.9 Å². The number of allylic oxidation sites excluding steroid dienone is 1. The fourth-order valence-electron chi connectivity index (χ4n) is 6.27. The number of anilines is 2. The highest BCUT2D eigenvalue weighted by molar-refractivity contribution is 6.31. The lowest BCUT2D eigenvalue weighted by Crippen LogP contribution is -2.36. The zero-order valence-corrected chi connectivity index (χ0v) is 24.1. The van der Waals surface area contributed by atoms with E-state index in [1.807, 2.05) is 4.90 Å². The van der Waals surface area contributed by atoms with Crippen molar-refractivity contribution in [3.05, 3.63) is 65.0 Å². The van der Waals surface area contributed by atoms with Gasteiger partial charge in [-0.25, -0.2) is 18.7 Å². The number of hydrogen-bond acceptors (Lipinski definition) is 9. The molecule has 4 heterocycles. The van der Waals surface area contributed by atoms with Crippen LogP contribution in [-0.4, -0.2) is 85.5 Å². The lowest BCUT2D eigenvalue weighted by atomic mass is 10.0. The second-order valence-corrected chi connectivity index (χ2v) is 11.9. The van der Waals surface area contributed by atoms with E-state index in [2.05, 4.69) is 15.3 Å². The second-order valence-electron chi connectivity index (χ2n) is 11.5. The smallest absolute Gasteiger partial charge is 0.195 e. The first-order valence-corrected chi connectivity index (χ1v) is 14.9. The maximum Gasteiger partial charge on any atom is 0.195 e. The Hall–Kier alpha value is -3.22. The standard InChI is InChI=1S/C31H31ClF2N4O5/c32-23-9-18(1-2-24(23)33)37-31-19-7-17(8-27(39)25(34)3-4-38-11-29-30(12-38)42-6-5-41-29)28(10-26(19)35-16-36-31)43-15-22-20-13-40-14-21(20)22/h1-3,7,9-10,16,20-22,29-30H,4-6,8,11-15H2,(H,35,36,37)/b25-3-/t20?,21?,22?,29-,30-/m0/s1. The summed E-state index contributed by atoms with van der Waals surface area (Å²) >= 11 is 5.96. The van der Waals surface area contributed by atoms with Crippen LogP contribution in [0.15, 0.2) is 48.6 Å². The van der Waals surface area contributed by atoms with E-state index in [0.29, 0.717) is 84.4 Å². The average Bonchev–Trinajstić information content (AvgIpc) is 3.31. The van der Waals surface area contributed by atoms with Gasteiger partial charge in [-0.1, -0.05) is 11.6 Å². The number of benzene rings is 2. The Morgan fingerprint density at radius 3 is 2.63 bits per heavy atom. The molecule has 3 saturated heterocycles. The van der Waals surface area contributed by atoms with Gasteiger partial charge in [0.1, 0.15) is 23.7 Å². The van der Waals surface area contributed by atoms with E-state index >= 15 is 4.39 Å². The molecule has 43 heavy (non-hydrogen) atoms. The Balaban J connectivity index is 1.12. The van der Waals surface area contributed by atoms with E-state index in [-0.39, 0.29) is 30.2 Å². The normalized spacial score (nSPS) is 26.8. The topological polar surface area (TPSA) is 95.0 Å². The van der Waals surface area contributed by atoms with Gasteiger partial charge in [0.25, 0.3) is 0 Å². The van der Waals surface area contributed by atoms with Crippen LogP contribution in [0.2, 0.25) is 5.02 Å². The maximum absolute atomic E-state index is 15.2. The molecule has 2 aromatic carbocycles. The first kappa shape index (κ1) is 28.5. The third-order valence-corrected chi connectivity index (χ3v) is 9.03. The monoisotopic (exact) mass is 612 g/mol. The molecule has 0 spiro atoms. The van der Waals surface area contributed by atoms with Crippen LogP contribution in [0.25, 0.3) is 10.9 Å². The van der Waals surface area contributed by atoms with Crippen LogP contribution >= 0.6 is 11.6 Å². The predicted octanol–water partition coefficient (Wildman–Crippen LogP) is 4.50. The van der Waals surface area contributed by atoms with Gasteiger partial charge in [-0.2, -0.15) is 0 Å². The minimum atomic E-state index is -0.805. The first-order chi connectivity index (χ1) is 20.9. The van der Waals surface area contributed by atoms with Crippen molar-refractivity contribution >= 4 is 39.8 Å². The van der Waals surface area contributed by atoms with Gasteiger partial charge in [0.2, 0.25) is 0 Å². The van der Waals surface area contributed by atoms with E-state index in [0.717, 1.165) is 13.2 Å². The molecular weight excluding hydrogens is 582 g/mol. The Labute approximate surface area is 252 Å². The molecule has 12 heteroatoms. The third-order valence-electron chi connectivity index (χ3n) is 8.75. The summed E-state index contributed by atoms with van der Waals surface area (Å²) in [4.78, 5) is 23.9. The van der Waals surface area contributed by atoms with Crippen molar-refractivity contribution in [2.45, 2.75) is 18.6 Å². The number of ketones is 1. The van der Waals surface area contributed by atoms with Gasteiger partial charge in [-0.05, 0) is 42.2 Å². The number of fused-ring (bicyclic) bond motifs is 3. The van der Waals surface area contributed by atoms with Gasteiger partial charge in [0.05, 0.1) is 55.8 Å². The molecule has 2 unspecified atom stereocenters. The van der Waals surface area contributed by atoms with E-state index in [4.69, 9.17) is 30.5 Å². The summed E-state index contributed by atoms with van der Waals surface area (Å²) < 4.78 is 52.1. The number of hydrogen-bond donors (Lipinski definition) is 1. The van der Waals surface area contributed by atoms with Crippen molar-refractivity contribution < 1.29 is 32.5 Å².